The van der Waals surface area contributed by atoms with Gasteiger partial charge in [0.05, 0.1) is 5.69 Å². The van der Waals surface area contributed by atoms with Crippen molar-refractivity contribution >= 4 is 0 Å². The molecule has 2 aromatic rings. The summed E-state index contributed by atoms with van der Waals surface area (Å²) < 4.78 is 1.54. The fourth-order valence-corrected chi connectivity index (χ4v) is 1.36. The van der Waals surface area contributed by atoms with Gasteiger partial charge in [0.25, 0.3) is 0 Å². The summed E-state index contributed by atoms with van der Waals surface area (Å²) in [7, 11) is 0. The molecule has 3 N–H and O–H groups in total. The van der Waals surface area contributed by atoms with Crippen LogP contribution in [0.4, 0.5) is 0 Å². The van der Waals surface area contributed by atoms with E-state index in [4.69, 9.17) is 5.73 Å². The molecule has 0 aliphatic carbocycles. The molecule has 0 saturated heterocycles. The van der Waals surface area contributed by atoms with Gasteiger partial charge in [-0.2, -0.15) is 0 Å². The van der Waals surface area contributed by atoms with Crippen molar-refractivity contribution in [3.8, 4) is 5.69 Å². The van der Waals surface area contributed by atoms with Crippen molar-refractivity contribution in [1.82, 2.24) is 9.55 Å². The lowest BCUT2D eigenvalue weighted by molar-refractivity contribution is 0.975. The lowest BCUT2D eigenvalue weighted by atomic mass is 10.2. The van der Waals surface area contributed by atoms with E-state index < -0.39 is 0 Å². The molecule has 0 saturated carbocycles. The average molecular weight is 189 g/mol. The summed E-state index contributed by atoms with van der Waals surface area (Å²) in [6.45, 7) is 0.479. The molecule has 0 spiro atoms. The number of imidazole rings is 1. The average Bonchev–Trinajstić information content (AvgIpc) is 2.65. The van der Waals surface area contributed by atoms with E-state index in [0.717, 1.165) is 11.3 Å². The standard InChI is InChI=1S/C10H11N3O/c11-7-8-2-1-3-9(6-8)13-5-4-12-10(13)14/h1-6H,7,11H2,(H,12,14). The van der Waals surface area contributed by atoms with Crippen molar-refractivity contribution in [1.29, 1.82) is 0 Å². The van der Waals surface area contributed by atoms with E-state index in [9.17, 15) is 4.79 Å². The van der Waals surface area contributed by atoms with E-state index in [0.29, 0.717) is 6.54 Å². The van der Waals surface area contributed by atoms with Crippen molar-refractivity contribution in [3.05, 3.63) is 52.7 Å². The molecule has 14 heavy (non-hydrogen) atoms. The van der Waals surface area contributed by atoms with Crippen LogP contribution in [0.2, 0.25) is 0 Å². The van der Waals surface area contributed by atoms with Crippen LogP contribution in [-0.2, 0) is 6.54 Å². The molecule has 72 valence electrons. The van der Waals surface area contributed by atoms with Gasteiger partial charge in [0.2, 0.25) is 0 Å². The predicted molar refractivity (Wildman–Crippen MR) is 54.3 cm³/mol. The fraction of sp³-hybridized carbons (Fsp3) is 0.100. The zero-order valence-corrected chi connectivity index (χ0v) is 7.60. The number of rotatable bonds is 2. The van der Waals surface area contributed by atoms with Crippen LogP contribution in [0, 0.1) is 0 Å². The van der Waals surface area contributed by atoms with Crippen LogP contribution < -0.4 is 11.4 Å². The molecule has 0 bridgehead atoms. The highest BCUT2D eigenvalue weighted by atomic mass is 16.1. The molecular weight excluding hydrogens is 178 g/mol. The number of benzene rings is 1. The van der Waals surface area contributed by atoms with Gasteiger partial charge in [0, 0.05) is 18.9 Å². The lowest BCUT2D eigenvalue weighted by Crippen LogP contribution is -2.14. The minimum Gasteiger partial charge on any atom is -0.326 e. The summed E-state index contributed by atoms with van der Waals surface area (Å²) in [5, 5.41) is 0. The fourth-order valence-electron chi connectivity index (χ4n) is 1.36. The minimum atomic E-state index is -0.140. The maximum Gasteiger partial charge on any atom is 0.330 e. The highest BCUT2D eigenvalue weighted by Gasteiger charge is 1.99. The van der Waals surface area contributed by atoms with Gasteiger partial charge >= 0.3 is 5.69 Å². The first kappa shape index (κ1) is 8.77. The van der Waals surface area contributed by atoms with Crippen molar-refractivity contribution in [2.45, 2.75) is 6.54 Å². The molecule has 0 fully saturated rings. The first-order valence-electron chi connectivity index (χ1n) is 4.36. The van der Waals surface area contributed by atoms with Crippen molar-refractivity contribution in [2.75, 3.05) is 0 Å². The van der Waals surface area contributed by atoms with Gasteiger partial charge < -0.3 is 10.7 Å². The van der Waals surface area contributed by atoms with Gasteiger partial charge in [0.1, 0.15) is 0 Å². The van der Waals surface area contributed by atoms with Gasteiger partial charge in [-0.25, -0.2) is 4.79 Å². The SMILES string of the molecule is NCc1cccc(-n2cc[nH]c2=O)c1. The maximum absolute atomic E-state index is 11.3. The number of aromatic nitrogens is 2. The van der Waals surface area contributed by atoms with E-state index >= 15 is 0 Å². The van der Waals surface area contributed by atoms with Gasteiger partial charge in [0.15, 0.2) is 0 Å². The Balaban J connectivity index is 2.52. The largest absolute Gasteiger partial charge is 0.330 e. The minimum absolute atomic E-state index is 0.140. The molecule has 4 nitrogen and oxygen atoms in total. The summed E-state index contributed by atoms with van der Waals surface area (Å²) in [6.07, 6.45) is 3.30. The Morgan fingerprint density at radius 1 is 1.43 bits per heavy atom. The Morgan fingerprint density at radius 3 is 2.93 bits per heavy atom. The van der Waals surface area contributed by atoms with Crippen molar-refractivity contribution in [2.24, 2.45) is 5.73 Å². The second kappa shape index (κ2) is 3.51. The molecule has 0 aliphatic rings. The number of nitrogens with zero attached hydrogens (tertiary/aromatic N) is 1. The number of hydrogen-bond donors (Lipinski definition) is 2. The Morgan fingerprint density at radius 2 is 2.29 bits per heavy atom. The third-order valence-corrected chi connectivity index (χ3v) is 2.07. The molecule has 1 aromatic heterocycles. The smallest absolute Gasteiger partial charge is 0.326 e. The molecule has 0 aliphatic heterocycles. The Hall–Kier alpha value is -1.81. The van der Waals surface area contributed by atoms with Crippen LogP contribution in [-0.4, -0.2) is 9.55 Å². The molecule has 1 aromatic carbocycles. The molecule has 0 atom stereocenters. The highest BCUT2D eigenvalue weighted by molar-refractivity contribution is 5.35. The van der Waals surface area contributed by atoms with Crippen molar-refractivity contribution < 1.29 is 0 Å². The summed E-state index contributed by atoms with van der Waals surface area (Å²) in [6, 6.07) is 7.59. The van der Waals surface area contributed by atoms with Crippen LogP contribution in [0.25, 0.3) is 5.69 Å². The van der Waals surface area contributed by atoms with Crippen LogP contribution in [0.5, 0.6) is 0 Å². The Kier molecular flexibility index (Phi) is 2.20. The number of H-pyrrole nitrogens is 1. The number of nitrogens with one attached hydrogen (secondary N) is 1. The summed E-state index contributed by atoms with van der Waals surface area (Å²) in [5.41, 5.74) is 7.22. The summed E-state index contributed by atoms with van der Waals surface area (Å²) in [4.78, 5) is 13.9. The van der Waals surface area contributed by atoms with E-state index in [1.165, 1.54) is 0 Å². The lowest BCUT2D eigenvalue weighted by Gasteiger charge is -2.02. The Bertz CT molecular complexity index is 484. The zero-order chi connectivity index (χ0) is 9.97. The summed E-state index contributed by atoms with van der Waals surface area (Å²) in [5.74, 6) is 0. The first-order valence-corrected chi connectivity index (χ1v) is 4.36. The molecule has 1 heterocycles. The van der Waals surface area contributed by atoms with Crippen LogP contribution in [0.15, 0.2) is 41.5 Å². The van der Waals surface area contributed by atoms with Crippen LogP contribution in [0.3, 0.4) is 0 Å². The first-order chi connectivity index (χ1) is 6.81. The third-order valence-electron chi connectivity index (χ3n) is 2.07. The number of nitrogens with two attached hydrogens (primary N) is 1. The number of aromatic amines is 1. The van der Waals surface area contributed by atoms with E-state index in [-0.39, 0.29) is 5.69 Å². The third kappa shape index (κ3) is 1.47. The van der Waals surface area contributed by atoms with Crippen LogP contribution >= 0.6 is 0 Å². The zero-order valence-electron chi connectivity index (χ0n) is 7.60. The Labute approximate surface area is 81.0 Å². The maximum atomic E-state index is 11.3. The quantitative estimate of drug-likeness (QED) is 0.727. The van der Waals surface area contributed by atoms with Gasteiger partial charge in [-0.15, -0.1) is 0 Å². The predicted octanol–water partition coefficient (Wildman–Crippen LogP) is 0.624. The molecule has 4 heteroatoms. The van der Waals surface area contributed by atoms with E-state index in [1.54, 1.807) is 17.0 Å². The van der Waals surface area contributed by atoms with Crippen LogP contribution in [0.1, 0.15) is 5.56 Å². The summed E-state index contributed by atoms with van der Waals surface area (Å²) >= 11 is 0. The normalized spacial score (nSPS) is 10.4. The molecule has 0 radical (unpaired) electrons. The topological polar surface area (TPSA) is 63.8 Å². The molecule has 0 amide bonds. The van der Waals surface area contributed by atoms with Gasteiger partial charge in [-0.05, 0) is 17.7 Å². The number of hydrogen-bond acceptors (Lipinski definition) is 2. The molecular formula is C10H11N3O. The van der Waals surface area contributed by atoms with E-state index in [1.807, 2.05) is 24.3 Å². The van der Waals surface area contributed by atoms with Gasteiger partial charge in [-0.1, -0.05) is 12.1 Å². The van der Waals surface area contributed by atoms with Gasteiger partial charge in [-0.3, -0.25) is 4.57 Å². The highest BCUT2D eigenvalue weighted by Crippen LogP contribution is 2.07. The van der Waals surface area contributed by atoms with E-state index in [2.05, 4.69) is 4.98 Å². The molecule has 0 unspecified atom stereocenters. The van der Waals surface area contributed by atoms with Crippen molar-refractivity contribution in [3.63, 3.8) is 0 Å². The molecule has 2 rings (SSSR count). The second-order valence-electron chi connectivity index (χ2n) is 3.01. The monoisotopic (exact) mass is 189 g/mol. The second-order valence-corrected chi connectivity index (χ2v) is 3.01.